The van der Waals surface area contributed by atoms with Crippen LogP contribution in [-0.2, 0) is 0 Å². The Labute approximate surface area is 234 Å². The van der Waals surface area contributed by atoms with Crippen molar-refractivity contribution in [2.75, 3.05) is 0 Å². The number of hydrogen-bond acceptors (Lipinski definition) is 2. The highest BCUT2D eigenvalue weighted by Crippen LogP contribution is 2.30. The van der Waals surface area contributed by atoms with E-state index in [1.165, 1.54) is 26.1 Å². The molecule has 0 atom stereocenters. The first-order valence-electron chi connectivity index (χ1n) is 13.4. The number of benzene rings is 6. The van der Waals surface area contributed by atoms with Gasteiger partial charge in [-0.1, -0.05) is 133 Å². The number of rotatable bonds is 5. The van der Waals surface area contributed by atoms with Gasteiger partial charge in [0.15, 0.2) is 8.07 Å². The molecule has 6 aromatic carbocycles. The maximum atomic E-state index is 9.89. The summed E-state index contributed by atoms with van der Waals surface area (Å²) >= 11 is 0. The Morgan fingerprint density at radius 2 is 1.12 bits per heavy atom. The van der Waals surface area contributed by atoms with Crippen LogP contribution < -0.4 is 20.7 Å². The van der Waals surface area contributed by atoms with Crippen molar-refractivity contribution in [3.05, 3.63) is 157 Å². The van der Waals surface area contributed by atoms with Gasteiger partial charge in [0.2, 0.25) is 0 Å². The average Bonchev–Trinajstić information content (AvgIpc) is 3.42. The van der Waals surface area contributed by atoms with Crippen LogP contribution in [0.1, 0.15) is 5.56 Å². The Hall–Kier alpha value is -5.17. The Balaban J connectivity index is 1.65. The molecule has 3 heteroatoms. The highest BCUT2D eigenvalue weighted by Gasteiger charge is 2.43. The predicted molar refractivity (Wildman–Crippen MR) is 167 cm³/mol. The topological polar surface area (TPSA) is 36.9 Å². The van der Waals surface area contributed by atoms with Gasteiger partial charge in [-0.2, -0.15) is 5.26 Å². The van der Waals surface area contributed by atoms with Gasteiger partial charge in [-0.3, -0.25) is 0 Å². The molecule has 0 N–H and O–H groups in total. The molecule has 7 aromatic rings. The van der Waals surface area contributed by atoms with E-state index < -0.39 is 8.07 Å². The summed E-state index contributed by atoms with van der Waals surface area (Å²) in [4.78, 5) is 0. The molecule has 0 unspecified atom stereocenters. The van der Waals surface area contributed by atoms with Crippen molar-refractivity contribution in [1.29, 1.82) is 5.26 Å². The van der Waals surface area contributed by atoms with Crippen molar-refractivity contribution in [2.24, 2.45) is 0 Å². The first kappa shape index (κ1) is 23.9. The third-order valence-electron chi connectivity index (χ3n) is 7.87. The smallest absolute Gasteiger partial charge is 0.180 e. The quantitative estimate of drug-likeness (QED) is 0.189. The average molecular weight is 528 g/mol. The van der Waals surface area contributed by atoms with E-state index in [0.29, 0.717) is 5.56 Å². The molecule has 0 aliphatic rings. The number of para-hydroxylation sites is 1. The number of furan rings is 1. The van der Waals surface area contributed by atoms with Crippen LogP contribution in [0.5, 0.6) is 0 Å². The van der Waals surface area contributed by atoms with Gasteiger partial charge in [-0.15, -0.1) is 0 Å². The van der Waals surface area contributed by atoms with Gasteiger partial charge in [0.1, 0.15) is 11.2 Å². The zero-order valence-electron chi connectivity index (χ0n) is 21.8. The Morgan fingerprint density at radius 1 is 0.525 bits per heavy atom. The second-order valence-electron chi connectivity index (χ2n) is 10.00. The number of nitrogens with zero attached hydrogens (tertiary/aromatic N) is 1. The Kier molecular flexibility index (Phi) is 5.89. The van der Waals surface area contributed by atoms with Crippen LogP contribution in [0.15, 0.2) is 156 Å². The Bertz CT molecular complexity index is 1980. The maximum Gasteiger partial charge on any atom is 0.180 e. The van der Waals surface area contributed by atoms with Crippen LogP contribution >= 0.6 is 0 Å². The molecule has 7 rings (SSSR count). The van der Waals surface area contributed by atoms with Crippen molar-refractivity contribution in [3.8, 4) is 17.2 Å². The number of fused-ring (bicyclic) bond motifs is 3. The van der Waals surface area contributed by atoms with E-state index in [9.17, 15) is 5.26 Å². The number of nitriles is 1. The molecule has 0 aliphatic heterocycles. The summed E-state index contributed by atoms with van der Waals surface area (Å²) < 4.78 is 6.41. The molecule has 0 aliphatic carbocycles. The SMILES string of the molecule is N#Cc1ccccc1-c1cccc([Si](c2ccccc2)(c2ccccc2)c2cccc3oc4ccccc4c23)c1. The molecule has 1 aromatic heterocycles. The summed E-state index contributed by atoms with van der Waals surface area (Å²) in [6.07, 6.45) is 0. The molecule has 0 saturated heterocycles. The first-order valence-corrected chi connectivity index (χ1v) is 15.4. The van der Waals surface area contributed by atoms with Crippen LogP contribution in [0.25, 0.3) is 33.1 Å². The minimum absolute atomic E-state index is 0.675. The van der Waals surface area contributed by atoms with Gasteiger partial charge in [0.25, 0.3) is 0 Å². The van der Waals surface area contributed by atoms with Crippen molar-refractivity contribution in [2.45, 2.75) is 0 Å². The summed E-state index contributed by atoms with van der Waals surface area (Å²) in [5, 5.41) is 17.3. The monoisotopic (exact) mass is 527 g/mol. The second kappa shape index (κ2) is 9.85. The van der Waals surface area contributed by atoms with E-state index in [1.807, 2.05) is 36.4 Å². The van der Waals surface area contributed by atoms with Crippen LogP contribution in [0.3, 0.4) is 0 Å². The number of hydrogen-bond donors (Lipinski definition) is 0. The fourth-order valence-corrected chi connectivity index (χ4v) is 11.2. The maximum absolute atomic E-state index is 9.89. The summed E-state index contributed by atoms with van der Waals surface area (Å²) in [6.45, 7) is 0. The van der Waals surface area contributed by atoms with E-state index in [0.717, 1.165) is 27.7 Å². The molecular weight excluding hydrogens is 502 g/mol. The molecule has 1 heterocycles. The van der Waals surface area contributed by atoms with Gasteiger partial charge >= 0.3 is 0 Å². The Morgan fingerprint density at radius 3 is 1.88 bits per heavy atom. The van der Waals surface area contributed by atoms with Gasteiger partial charge in [-0.25, -0.2) is 0 Å². The minimum Gasteiger partial charge on any atom is -0.456 e. The molecule has 0 bridgehead atoms. The van der Waals surface area contributed by atoms with E-state index in [4.69, 9.17) is 4.42 Å². The highest BCUT2D eigenvalue weighted by molar-refractivity contribution is 7.20. The van der Waals surface area contributed by atoms with Crippen molar-refractivity contribution < 1.29 is 4.42 Å². The van der Waals surface area contributed by atoms with Gasteiger partial charge in [0, 0.05) is 10.8 Å². The molecule has 0 fully saturated rings. The fourth-order valence-electron chi connectivity index (χ4n) is 6.18. The summed E-state index contributed by atoms with van der Waals surface area (Å²) in [6, 6.07) is 55.7. The molecule has 0 saturated carbocycles. The van der Waals surface area contributed by atoms with Gasteiger partial charge in [-0.05, 0) is 50.1 Å². The molecular formula is C37H25NOSi. The standard InChI is InChI=1S/C37H25NOSi/c38-26-28-13-7-8-20-32(28)27-14-11-19-31(25-27)40(29-15-3-1-4-16-29,30-17-5-2-6-18-30)36-24-12-23-35-37(36)33-21-9-10-22-34(33)39-35/h1-25H. The third kappa shape index (κ3) is 3.70. The molecule has 0 radical (unpaired) electrons. The molecule has 40 heavy (non-hydrogen) atoms. The first-order chi connectivity index (χ1) is 19.8. The summed E-state index contributed by atoms with van der Waals surface area (Å²) in [5.41, 5.74) is 4.46. The van der Waals surface area contributed by atoms with Crippen LogP contribution in [0.2, 0.25) is 0 Å². The second-order valence-corrected chi connectivity index (χ2v) is 13.8. The van der Waals surface area contributed by atoms with Crippen LogP contribution in [0, 0.1) is 11.3 Å². The molecule has 0 amide bonds. The lowest BCUT2D eigenvalue weighted by Crippen LogP contribution is -2.74. The van der Waals surface area contributed by atoms with Crippen molar-refractivity contribution >= 4 is 50.8 Å². The fraction of sp³-hybridized carbons (Fsp3) is 0. The zero-order valence-corrected chi connectivity index (χ0v) is 22.8. The molecule has 188 valence electrons. The van der Waals surface area contributed by atoms with Gasteiger partial charge in [0.05, 0.1) is 11.6 Å². The lowest BCUT2D eigenvalue weighted by Gasteiger charge is -2.35. The van der Waals surface area contributed by atoms with Crippen molar-refractivity contribution in [1.82, 2.24) is 0 Å². The highest BCUT2D eigenvalue weighted by atomic mass is 28.3. The van der Waals surface area contributed by atoms with E-state index >= 15 is 0 Å². The van der Waals surface area contributed by atoms with Crippen LogP contribution in [-0.4, -0.2) is 8.07 Å². The minimum atomic E-state index is -2.88. The van der Waals surface area contributed by atoms with E-state index in [1.54, 1.807) is 0 Å². The van der Waals surface area contributed by atoms with Crippen molar-refractivity contribution in [3.63, 3.8) is 0 Å². The lowest BCUT2D eigenvalue weighted by molar-refractivity contribution is 0.669. The van der Waals surface area contributed by atoms with Crippen LogP contribution in [0.4, 0.5) is 0 Å². The van der Waals surface area contributed by atoms with E-state index in [2.05, 4.69) is 121 Å². The summed E-state index contributed by atoms with van der Waals surface area (Å²) in [7, 11) is -2.88. The zero-order chi connectivity index (χ0) is 26.9. The molecule has 0 spiro atoms. The van der Waals surface area contributed by atoms with E-state index in [-0.39, 0.29) is 0 Å². The third-order valence-corrected chi connectivity index (χ3v) is 12.7. The summed E-state index contributed by atoms with van der Waals surface area (Å²) in [5.74, 6) is 0. The largest absolute Gasteiger partial charge is 0.456 e. The predicted octanol–water partition coefficient (Wildman–Crippen LogP) is 6.50. The molecule has 2 nitrogen and oxygen atoms in total. The lowest BCUT2D eigenvalue weighted by atomic mass is 10.0. The normalized spacial score (nSPS) is 11.5. The van der Waals surface area contributed by atoms with Gasteiger partial charge < -0.3 is 4.42 Å².